The van der Waals surface area contributed by atoms with Crippen molar-refractivity contribution in [3.8, 4) is 0 Å². The van der Waals surface area contributed by atoms with Crippen molar-refractivity contribution in [2.45, 2.75) is 26.6 Å². The number of fused-ring (bicyclic) bond motifs is 1. The summed E-state index contributed by atoms with van der Waals surface area (Å²) in [6.45, 7) is 3.11. The average Bonchev–Trinajstić information content (AvgIpc) is 2.87. The molecule has 0 aliphatic carbocycles. The molecule has 0 N–H and O–H groups in total. The molecule has 0 atom stereocenters. The number of benzene rings is 1. The van der Waals surface area contributed by atoms with Crippen LogP contribution in [-0.4, -0.2) is 24.1 Å². The van der Waals surface area contributed by atoms with Crippen molar-refractivity contribution in [2.75, 3.05) is 10.6 Å². The minimum absolute atomic E-state index is 0.00760. The van der Waals surface area contributed by atoms with Gasteiger partial charge in [-0.25, -0.2) is 22.1 Å². The zero-order chi connectivity index (χ0) is 20.9. The normalized spacial score (nSPS) is 12.5. The fraction of sp³-hybridized carbons (Fsp3) is 0.278. The topological polar surface area (TPSA) is 54.7 Å². The molecular formula is C18H17F4N3O2S. The van der Waals surface area contributed by atoms with Gasteiger partial charge in [0.25, 0.3) is 0 Å². The molecule has 10 heteroatoms. The molecule has 5 nitrogen and oxygen atoms in total. The summed E-state index contributed by atoms with van der Waals surface area (Å²) in [6.07, 6.45) is -2.21. The monoisotopic (exact) mass is 415 g/mol. The first-order valence-electron chi connectivity index (χ1n) is 8.16. The highest BCUT2D eigenvalue weighted by Crippen LogP contribution is 2.33. The Kier molecular flexibility index (Phi) is 4.86. The summed E-state index contributed by atoms with van der Waals surface area (Å²) in [6, 6.07) is 6.00. The van der Waals surface area contributed by atoms with Crippen molar-refractivity contribution in [1.82, 2.24) is 9.38 Å². The van der Waals surface area contributed by atoms with Crippen LogP contribution in [0.3, 0.4) is 0 Å². The van der Waals surface area contributed by atoms with Crippen molar-refractivity contribution in [3.63, 3.8) is 0 Å². The lowest BCUT2D eigenvalue weighted by atomic mass is 10.1. The first-order chi connectivity index (χ1) is 12.9. The second kappa shape index (κ2) is 6.77. The van der Waals surface area contributed by atoms with Gasteiger partial charge in [0.1, 0.15) is 11.5 Å². The van der Waals surface area contributed by atoms with Crippen molar-refractivity contribution in [2.24, 2.45) is 0 Å². The van der Waals surface area contributed by atoms with Crippen LogP contribution in [-0.2, 0) is 22.7 Å². The first-order valence-corrected chi connectivity index (χ1v) is 10.0. The number of alkyl halides is 3. The molecule has 0 bridgehead atoms. The van der Waals surface area contributed by atoms with Crippen LogP contribution in [0.5, 0.6) is 0 Å². The molecule has 0 aliphatic heterocycles. The second-order valence-corrected chi connectivity index (χ2v) is 8.44. The summed E-state index contributed by atoms with van der Waals surface area (Å²) in [7, 11) is -3.87. The van der Waals surface area contributed by atoms with Crippen LogP contribution < -0.4 is 4.31 Å². The second-order valence-electron chi connectivity index (χ2n) is 6.53. The molecule has 150 valence electrons. The van der Waals surface area contributed by atoms with Gasteiger partial charge >= 0.3 is 6.18 Å². The maximum atomic E-state index is 13.5. The lowest BCUT2D eigenvalue weighted by Crippen LogP contribution is -2.30. The number of aromatic nitrogens is 2. The van der Waals surface area contributed by atoms with E-state index in [9.17, 15) is 26.0 Å². The zero-order valence-corrected chi connectivity index (χ0v) is 16.1. The van der Waals surface area contributed by atoms with E-state index in [1.807, 2.05) is 13.0 Å². The lowest BCUT2D eigenvalue weighted by Gasteiger charge is -2.21. The van der Waals surface area contributed by atoms with E-state index < -0.39 is 34.1 Å². The molecule has 0 aliphatic rings. The third kappa shape index (κ3) is 3.82. The lowest BCUT2D eigenvalue weighted by molar-refractivity contribution is -0.140. The molecule has 0 fully saturated rings. The van der Waals surface area contributed by atoms with E-state index in [1.54, 1.807) is 23.6 Å². The van der Waals surface area contributed by atoms with E-state index in [2.05, 4.69) is 4.98 Å². The Labute approximate surface area is 159 Å². The third-order valence-electron chi connectivity index (χ3n) is 4.29. The summed E-state index contributed by atoms with van der Waals surface area (Å²) >= 11 is 0. The highest BCUT2D eigenvalue weighted by Gasteiger charge is 2.34. The van der Waals surface area contributed by atoms with Gasteiger partial charge in [-0.05, 0) is 49.2 Å². The minimum atomic E-state index is -4.88. The number of sulfonamides is 1. The van der Waals surface area contributed by atoms with Gasteiger partial charge in [0.05, 0.1) is 24.1 Å². The highest BCUT2D eigenvalue weighted by atomic mass is 32.2. The number of aryl methyl sites for hydroxylation is 2. The molecular weight excluding hydrogens is 398 g/mol. The van der Waals surface area contributed by atoms with Gasteiger partial charge in [-0.15, -0.1) is 0 Å². The summed E-state index contributed by atoms with van der Waals surface area (Å²) in [5.41, 5.74) is 0.491. The van der Waals surface area contributed by atoms with Crippen LogP contribution in [0.4, 0.5) is 23.4 Å². The van der Waals surface area contributed by atoms with Crippen LogP contribution in [0.2, 0.25) is 0 Å². The summed E-state index contributed by atoms with van der Waals surface area (Å²) in [5.74, 6) is -1.31. The molecule has 0 spiro atoms. The molecule has 28 heavy (non-hydrogen) atoms. The van der Waals surface area contributed by atoms with Gasteiger partial charge in [-0.1, -0.05) is 6.07 Å². The van der Waals surface area contributed by atoms with E-state index in [0.717, 1.165) is 22.2 Å². The summed E-state index contributed by atoms with van der Waals surface area (Å²) < 4.78 is 79.8. The Morgan fingerprint density at radius 3 is 2.43 bits per heavy atom. The molecule has 2 heterocycles. The number of hydrogen-bond donors (Lipinski definition) is 0. The fourth-order valence-electron chi connectivity index (χ4n) is 2.90. The Hall–Kier alpha value is -2.62. The Morgan fingerprint density at radius 2 is 1.82 bits per heavy atom. The number of nitrogens with zero attached hydrogens (tertiary/aromatic N) is 3. The molecule has 3 aromatic rings. The van der Waals surface area contributed by atoms with E-state index in [0.29, 0.717) is 23.5 Å². The molecule has 0 unspecified atom stereocenters. The number of rotatable bonds is 4. The largest absolute Gasteiger partial charge is 0.419 e. The van der Waals surface area contributed by atoms with Crippen LogP contribution >= 0.6 is 0 Å². The highest BCUT2D eigenvalue weighted by molar-refractivity contribution is 7.92. The number of imidazole rings is 1. The van der Waals surface area contributed by atoms with Gasteiger partial charge < -0.3 is 4.40 Å². The van der Waals surface area contributed by atoms with Crippen LogP contribution in [0.15, 0.2) is 36.5 Å². The molecule has 3 rings (SSSR count). The minimum Gasteiger partial charge on any atom is -0.302 e. The van der Waals surface area contributed by atoms with Gasteiger partial charge in [-0.2, -0.15) is 13.2 Å². The van der Waals surface area contributed by atoms with Crippen LogP contribution in [0.1, 0.15) is 22.4 Å². The Balaban J connectivity index is 2.10. The van der Waals surface area contributed by atoms with Crippen LogP contribution in [0.25, 0.3) is 5.65 Å². The molecule has 0 saturated carbocycles. The molecule has 0 radical (unpaired) electrons. The van der Waals surface area contributed by atoms with Crippen molar-refractivity contribution in [3.05, 3.63) is 64.7 Å². The maximum absolute atomic E-state index is 13.5. The van der Waals surface area contributed by atoms with E-state index in [-0.39, 0.29) is 11.4 Å². The number of halogens is 4. The zero-order valence-electron chi connectivity index (χ0n) is 15.2. The van der Waals surface area contributed by atoms with E-state index in [1.165, 1.54) is 0 Å². The quantitative estimate of drug-likeness (QED) is 0.604. The van der Waals surface area contributed by atoms with Gasteiger partial charge in [0.2, 0.25) is 10.0 Å². The molecule has 2 aromatic heterocycles. The van der Waals surface area contributed by atoms with Crippen molar-refractivity contribution < 1.29 is 26.0 Å². The molecule has 0 amide bonds. The van der Waals surface area contributed by atoms with Gasteiger partial charge in [-0.3, -0.25) is 0 Å². The van der Waals surface area contributed by atoms with E-state index >= 15 is 0 Å². The number of anilines is 1. The fourth-order valence-corrected chi connectivity index (χ4v) is 3.77. The van der Waals surface area contributed by atoms with E-state index in [4.69, 9.17) is 0 Å². The SMILES string of the molecule is Cc1ccn2c(C)c(N(Cc3ccc(F)c(C(F)(F)F)c3)S(C)(=O)=O)nc2c1. The van der Waals surface area contributed by atoms with Crippen molar-refractivity contribution >= 4 is 21.5 Å². The smallest absolute Gasteiger partial charge is 0.302 e. The van der Waals surface area contributed by atoms with Gasteiger partial charge in [0, 0.05) is 6.20 Å². The summed E-state index contributed by atoms with van der Waals surface area (Å²) in [5, 5.41) is 0. The Bertz CT molecular complexity index is 1150. The number of hydrogen-bond acceptors (Lipinski definition) is 3. The average molecular weight is 415 g/mol. The molecule has 1 aromatic carbocycles. The maximum Gasteiger partial charge on any atom is 0.419 e. The first kappa shape index (κ1) is 20.1. The van der Waals surface area contributed by atoms with Gasteiger partial charge in [0.15, 0.2) is 5.82 Å². The predicted octanol–water partition coefficient (Wildman–Crippen LogP) is 4.08. The number of pyridine rings is 1. The standard InChI is InChI=1S/C18H17F4N3O2S/c1-11-6-7-24-12(2)17(23-16(24)8-11)25(28(3,26)27)10-13-4-5-15(19)14(9-13)18(20,21)22/h4-9H,10H2,1-3H3. The summed E-state index contributed by atoms with van der Waals surface area (Å²) in [4.78, 5) is 4.34. The molecule has 0 saturated heterocycles. The van der Waals surface area contributed by atoms with Crippen LogP contribution in [0, 0.1) is 19.7 Å². The predicted molar refractivity (Wildman–Crippen MR) is 97.1 cm³/mol. The van der Waals surface area contributed by atoms with Crippen molar-refractivity contribution in [1.29, 1.82) is 0 Å². The Morgan fingerprint density at radius 1 is 1.14 bits per heavy atom. The third-order valence-corrected chi connectivity index (χ3v) is 5.40.